The van der Waals surface area contributed by atoms with Crippen molar-refractivity contribution < 1.29 is 9.66 Å². The molecule has 1 aromatic heterocycles. The van der Waals surface area contributed by atoms with Crippen LogP contribution in [-0.4, -0.2) is 21.1 Å². The topological polar surface area (TPSA) is 70.2 Å². The van der Waals surface area contributed by atoms with Gasteiger partial charge in [-0.1, -0.05) is 13.8 Å². The molecule has 0 amide bonds. The number of nitro groups is 1. The number of hydrogen-bond donors (Lipinski definition) is 0. The summed E-state index contributed by atoms with van der Waals surface area (Å²) in [4.78, 5) is 14.7. The van der Waals surface area contributed by atoms with Crippen molar-refractivity contribution in [1.29, 1.82) is 0 Å². The van der Waals surface area contributed by atoms with Crippen LogP contribution < -0.4 is 4.74 Å². The normalized spacial score (nSPS) is 10.9. The number of benzene rings is 1. The first-order valence-corrected chi connectivity index (χ1v) is 7.38. The second-order valence-corrected chi connectivity index (χ2v) is 5.50. The van der Waals surface area contributed by atoms with Crippen LogP contribution in [0.1, 0.15) is 37.6 Å². The van der Waals surface area contributed by atoms with Crippen LogP contribution >= 0.6 is 0 Å². The summed E-state index contributed by atoms with van der Waals surface area (Å²) >= 11 is 0. The molecular formula is C16H21N3O3. The van der Waals surface area contributed by atoms with E-state index >= 15 is 0 Å². The van der Waals surface area contributed by atoms with Gasteiger partial charge in [-0.05, 0) is 25.3 Å². The minimum Gasteiger partial charge on any atom is -0.493 e. The zero-order chi connectivity index (χ0) is 16.1. The van der Waals surface area contributed by atoms with E-state index in [9.17, 15) is 10.1 Å². The highest BCUT2D eigenvalue weighted by atomic mass is 16.6. The minimum absolute atomic E-state index is 0.102. The molecule has 118 valence electrons. The molecule has 0 saturated carbocycles. The third-order valence-electron chi connectivity index (χ3n) is 3.55. The molecule has 0 fully saturated rings. The van der Waals surface area contributed by atoms with Crippen LogP contribution in [-0.2, 0) is 6.54 Å². The molecule has 0 radical (unpaired) electrons. The Hall–Kier alpha value is -2.37. The fourth-order valence-electron chi connectivity index (χ4n) is 2.29. The van der Waals surface area contributed by atoms with E-state index in [1.165, 1.54) is 6.07 Å². The van der Waals surface area contributed by atoms with Gasteiger partial charge in [0.1, 0.15) is 11.6 Å². The molecule has 0 spiro atoms. The van der Waals surface area contributed by atoms with E-state index in [2.05, 4.69) is 9.55 Å². The average molecular weight is 303 g/mol. The highest BCUT2D eigenvalue weighted by Gasteiger charge is 2.14. The monoisotopic (exact) mass is 303 g/mol. The second-order valence-electron chi connectivity index (χ2n) is 5.50. The number of aromatic nitrogens is 2. The van der Waals surface area contributed by atoms with Crippen molar-refractivity contribution in [1.82, 2.24) is 9.55 Å². The van der Waals surface area contributed by atoms with E-state index < -0.39 is 0 Å². The summed E-state index contributed by atoms with van der Waals surface area (Å²) in [5.74, 6) is 1.88. The second kappa shape index (κ2) is 7.06. The van der Waals surface area contributed by atoms with Gasteiger partial charge in [0.05, 0.1) is 11.5 Å². The summed E-state index contributed by atoms with van der Waals surface area (Å²) in [6, 6.07) is 4.77. The molecule has 0 bridgehead atoms. The third kappa shape index (κ3) is 3.84. The number of rotatable bonds is 7. The van der Waals surface area contributed by atoms with Crippen LogP contribution in [0.4, 0.5) is 5.69 Å². The van der Waals surface area contributed by atoms with Gasteiger partial charge in [-0.25, -0.2) is 4.98 Å². The smallest absolute Gasteiger partial charge is 0.269 e. The molecule has 0 aliphatic heterocycles. The Bertz CT molecular complexity index is 650. The van der Waals surface area contributed by atoms with Crippen LogP contribution in [0.15, 0.2) is 30.6 Å². The number of ether oxygens (including phenoxy) is 1. The Morgan fingerprint density at radius 3 is 2.77 bits per heavy atom. The van der Waals surface area contributed by atoms with E-state index in [0.717, 1.165) is 30.1 Å². The molecule has 0 aliphatic rings. The van der Waals surface area contributed by atoms with Crippen molar-refractivity contribution in [2.75, 3.05) is 6.61 Å². The zero-order valence-electron chi connectivity index (χ0n) is 13.2. The SMILES string of the molecule is Cc1nccn1CCCOc1ccc([N+](=O)[O-])cc1C(C)C. The van der Waals surface area contributed by atoms with Crippen LogP contribution in [0.3, 0.4) is 0 Å². The lowest BCUT2D eigenvalue weighted by Gasteiger charge is -2.14. The Labute approximate surface area is 129 Å². The fraction of sp³-hybridized carbons (Fsp3) is 0.438. The number of hydrogen-bond acceptors (Lipinski definition) is 4. The standard InChI is InChI=1S/C16H21N3O3/c1-12(2)15-11-14(19(20)21)5-6-16(15)22-10-4-8-18-9-7-17-13(18)3/h5-7,9,11-12H,4,8,10H2,1-3H3. The first-order valence-electron chi connectivity index (χ1n) is 7.38. The van der Waals surface area contributed by atoms with Gasteiger partial charge < -0.3 is 9.30 Å². The van der Waals surface area contributed by atoms with Gasteiger partial charge in [0.25, 0.3) is 5.69 Å². The third-order valence-corrected chi connectivity index (χ3v) is 3.55. The van der Waals surface area contributed by atoms with Crippen LogP contribution in [0.5, 0.6) is 5.75 Å². The molecule has 0 N–H and O–H groups in total. The summed E-state index contributed by atoms with van der Waals surface area (Å²) in [5.41, 5.74) is 0.970. The van der Waals surface area contributed by atoms with Gasteiger partial charge in [0.15, 0.2) is 0 Å². The number of aryl methyl sites for hydroxylation is 2. The predicted octanol–water partition coefficient (Wildman–Crippen LogP) is 3.69. The quantitative estimate of drug-likeness (QED) is 0.444. The van der Waals surface area contributed by atoms with Crippen molar-refractivity contribution in [3.05, 3.63) is 52.1 Å². The van der Waals surface area contributed by atoms with Crippen molar-refractivity contribution in [3.8, 4) is 5.75 Å². The molecule has 0 aliphatic carbocycles. The van der Waals surface area contributed by atoms with E-state index in [1.807, 2.05) is 27.0 Å². The van der Waals surface area contributed by atoms with E-state index in [1.54, 1.807) is 18.3 Å². The van der Waals surface area contributed by atoms with Crippen molar-refractivity contribution in [2.24, 2.45) is 0 Å². The molecule has 1 heterocycles. The molecule has 6 nitrogen and oxygen atoms in total. The fourth-order valence-corrected chi connectivity index (χ4v) is 2.29. The molecule has 0 unspecified atom stereocenters. The largest absolute Gasteiger partial charge is 0.493 e. The Balaban J connectivity index is 1.97. The van der Waals surface area contributed by atoms with Crippen LogP contribution in [0, 0.1) is 17.0 Å². The number of non-ortho nitro benzene ring substituents is 1. The first-order chi connectivity index (χ1) is 10.5. The number of imidazole rings is 1. The maximum atomic E-state index is 10.9. The van der Waals surface area contributed by atoms with E-state index in [0.29, 0.717) is 6.61 Å². The first kappa shape index (κ1) is 16.0. The maximum Gasteiger partial charge on any atom is 0.269 e. The summed E-state index contributed by atoms with van der Waals surface area (Å²) in [6.07, 6.45) is 4.58. The van der Waals surface area contributed by atoms with Crippen LogP contribution in [0.2, 0.25) is 0 Å². The van der Waals surface area contributed by atoms with Gasteiger partial charge in [-0.2, -0.15) is 0 Å². The predicted molar refractivity (Wildman–Crippen MR) is 84.3 cm³/mol. The summed E-state index contributed by atoms with van der Waals surface area (Å²) in [5, 5.41) is 10.9. The molecule has 0 saturated heterocycles. The van der Waals surface area contributed by atoms with Gasteiger partial charge in [-0.15, -0.1) is 0 Å². The molecule has 1 aromatic carbocycles. The average Bonchev–Trinajstić information content (AvgIpc) is 2.88. The van der Waals surface area contributed by atoms with Gasteiger partial charge in [0.2, 0.25) is 0 Å². The highest BCUT2D eigenvalue weighted by Crippen LogP contribution is 2.30. The van der Waals surface area contributed by atoms with Crippen molar-refractivity contribution in [3.63, 3.8) is 0 Å². The molecule has 2 rings (SSSR count). The molecular weight excluding hydrogens is 282 g/mol. The molecule has 2 aromatic rings. The van der Waals surface area contributed by atoms with Crippen LogP contribution in [0.25, 0.3) is 0 Å². The van der Waals surface area contributed by atoms with E-state index in [4.69, 9.17) is 4.74 Å². The molecule has 6 heteroatoms. The van der Waals surface area contributed by atoms with Gasteiger partial charge in [0, 0.05) is 36.6 Å². The maximum absolute atomic E-state index is 10.9. The molecule has 22 heavy (non-hydrogen) atoms. The Morgan fingerprint density at radius 1 is 1.41 bits per heavy atom. The molecule has 0 atom stereocenters. The Morgan fingerprint density at radius 2 is 2.18 bits per heavy atom. The van der Waals surface area contributed by atoms with E-state index in [-0.39, 0.29) is 16.5 Å². The summed E-state index contributed by atoms with van der Waals surface area (Å²) < 4.78 is 7.89. The number of nitrogens with zero attached hydrogens (tertiary/aromatic N) is 3. The summed E-state index contributed by atoms with van der Waals surface area (Å²) in [6.45, 7) is 7.38. The van der Waals surface area contributed by atoms with Crippen molar-refractivity contribution in [2.45, 2.75) is 39.7 Å². The summed E-state index contributed by atoms with van der Waals surface area (Å²) in [7, 11) is 0. The van der Waals surface area contributed by atoms with Crippen molar-refractivity contribution >= 4 is 5.69 Å². The Kier molecular flexibility index (Phi) is 5.14. The zero-order valence-corrected chi connectivity index (χ0v) is 13.2. The van der Waals surface area contributed by atoms with Gasteiger partial charge in [-0.3, -0.25) is 10.1 Å². The lowest BCUT2D eigenvalue weighted by Crippen LogP contribution is -2.07. The minimum atomic E-state index is -0.378. The number of nitro benzene ring substituents is 1. The van der Waals surface area contributed by atoms with Gasteiger partial charge >= 0.3 is 0 Å². The lowest BCUT2D eigenvalue weighted by molar-refractivity contribution is -0.385. The highest BCUT2D eigenvalue weighted by molar-refractivity contribution is 5.45. The lowest BCUT2D eigenvalue weighted by atomic mass is 10.0.